The molecule has 0 fully saturated rings. The number of carbonyl (C=O) groups is 2. The summed E-state index contributed by atoms with van der Waals surface area (Å²) in [6, 6.07) is 0. The predicted molar refractivity (Wildman–Crippen MR) is 50.4 cm³/mol. The summed E-state index contributed by atoms with van der Waals surface area (Å²) in [6.07, 6.45) is -5.37. The molecule has 0 aliphatic rings. The van der Waals surface area contributed by atoms with Crippen LogP contribution in [0.1, 0.15) is 6.42 Å². The molecule has 0 radical (unpaired) electrons. The first-order valence-corrected chi connectivity index (χ1v) is 4.53. The molecule has 0 aromatic heterocycles. The van der Waals surface area contributed by atoms with Crippen LogP contribution in [-0.4, -0.2) is 49.6 Å². The van der Waals surface area contributed by atoms with Gasteiger partial charge in [-0.25, -0.2) is 0 Å². The van der Waals surface area contributed by atoms with Crippen molar-refractivity contribution in [3.8, 4) is 0 Å². The number of alkyl halides is 3. The lowest BCUT2D eigenvalue weighted by molar-refractivity contribution is -0.144. The number of hydrogen-bond acceptors (Lipinski definition) is 3. The molecule has 8 heteroatoms. The van der Waals surface area contributed by atoms with E-state index in [-0.39, 0.29) is 13.1 Å². The van der Waals surface area contributed by atoms with Crippen molar-refractivity contribution in [1.82, 2.24) is 10.2 Å². The monoisotopic (exact) mass is 241 g/mol. The molecule has 0 atom stereocenters. The van der Waals surface area contributed by atoms with Crippen LogP contribution in [0.2, 0.25) is 0 Å². The summed E-state index contributed by atoms with van der Waals surface area (Å²) in [5.41, 5.74) is 4.96. The van der Waals surface area contributed by atoms with Crippen molar-refractivity contribution < 1.29 is 22.8 Å². The highest BCUT2D eigenvalue weighted by Crippen LogP contribution is 2.19. The third-order valence-corrected chi connectivity index (χ3v) is 1.78. The van der Waals surface area contributed by atoms with Gasteiger partial charge in [0.1, 0.15) is 0 Å². The van der Waals surface area contributed by atoms with Gasteiger partial charge in [0.05, 0.1) is 19.5 Å². The first-order chi connectivity index (χ1) is 7.26. The Hall–Kier alpha value is -1.31. The Morgan fingerprint density at radius 2 is 1.94 bits per heavy atom. The van der Waals surface area contributed by atoms with E-state index in [2.05, 4.69) is 5.32 Å². The second-order valence-electron chi connectivity index (χ2n) is 3.16. The van der Waals surface area contributed by atoms with Gasteiger partial charge in [0, 0.05) is 13.6 Å². The van der Waals surface area contributed by atoms with Gasteiger partial charge in [0.15, 0.2) is 0 Å². The molecule has 0 saturated carbocycles. The number of hydrogen-bond donors (Lipinski definition) is 2. The maximum atomic E-state index is 11.8. The van der Waals surface area contributed by atoms with Gasteiger partial charge in [-0.2, -0.15) is 13.2 Å². The number of nitrogens with two attached hydrogens (primary N) is 1. The molecule has 3 N–H and O–H groups in total. The zero-order valence-electron chi connectivity index (χ0n) is 8.80. The molecule has 5 nitrogen and oxygen atoms in total. The number of amides is 2. The fourth-order valence-corrected chi connectivity index (χ4v) is 0.801. The van der Waals surface area contributed by atoms with Crippen molar-refractivity contribution >= 4 is 11.8 Å². The normalized spacial score (nSPS) is 11.1. The molecule has 0 aliphatic heterocycles. The quantitative estimate of drug-likeness (QED) is 0.679. The van der Waals surface area contributed by atoms with Gasteiger partial charge >= 0.3 is 6.18 Å². The summed E-state index contributed by atoms with van der Waals surface area (Å²) in [4.78, 5) is 22.8. The van der Waals surface area contributed by atoms with Gasteiger partial charge in [-0.05, 0) is 0 Å². The van der Waals surface area contributed by atoms with E-state index in [0.29, 0.717) is 0 Å². The lowest BCUT2D eigenvalue weighted by Gasteiger charge is -2.18. The van der Waals surface area contributed by atoms with Gasteiger partial charge in [0.2, 0.25) is 11.8 Å². The number of nitrogens with one attached hydrogen (secondary N) is 1. The third kappa shape index (κ3) is 7.04. The van der Waals surface area contributed by atoms with Crippen LogP contribution in [-0.2, 0) is 9.59 Å². The predicted octanol–water partition coefficient (Wildman–Crippen LogP) is -0.528. The van der Waals surface area contributed by atoms with Crippen LogP contribution in [0.3, 0.4) is 0 Å². The Kier molecular flexibility index (Phi) is 5.79. The van der Waals surface area contributed by atoms with Crippen LogP contribution in [0.15, 0.2) is 0 Å². The van der Waals surface area contributed by atoms with Crippen molar-refractivity contribution in [2.45, 2.75) is 12.6 Å². The third-order valence-electron chi connectivity index (χ3n) is 1.78. The number of likely N-dealkylation sites (N-methyl/N-ethyl adjacent to an activating group) is 1. The van der Waals surface area contributed by atoms with Crippen molar-refractivity contribution in [3.05, 3.63) is 0 Å². The Morgan fingerprint density at radius 3 is 2.38 bits per heavy atom. The summed E-state index contributed by atoms with van der Waals surface area (Å²) >= 11 is 0. The van der Waals surface area contributed by atoms with E-state index in [0.717, 1.165) is 4.90 Å². The van der Waals surface area contributed by atoms with Crippen molar-refractivity contribution in [3.63, 3.8) is 0 Å². The zero-order chi connectivity index (χ0) is 12.8. The van der Waals surface area contributed by atoms with Crippen LogP contribution in [0.4, 0.5) is 13.2 Å². The SMILES string of the molecule is CN(CCC(F)(F)F)C(=O)CNC(=O)CN. The second-order valence-corrected chi connectivity index (χ2v) is 3.16. The number of halogens is 3. The molecule has 0 rings (SSSR count). The lowest BCUT2D eigenvalue weighted by Crippen LogP contribution is -2.41. The first kappa shape index (κ1) is 14.7. The largest absolute Gasteiger partial charge is 0.390 e. The molecule has 0 unspecified atom stereocenters. The second kappa shape index (κ2) is 6.31. The Balaban J connectivity index is 3.86. The maximum absolute atomic E-state index is 11.8. The van der Waals surface area contributed by atoms with Crippen molar-refractivity contribution in [1.29, 1.82) is 0 Å². The van der Waals surface area contributed by atoms with Crippen LogP contribution in [0.5, 0.6) is 0 Å². The lowest BCUT2D eigenvalue weighted by atomic mass is 10.3. The molecule has 0 aromatic rings. The van der Waals surface area contributed by atoms with Gasteiger partial charge in [0.25, 0.3) is 0 Å². The molecule has 94 valence electrons. The van der Waals surface area contributed by atoms with Crippen LogP contribution < -0.4 is 11.1 Å². The highest BCUT2D eigenvalue weighted by Gasteiger charge is 2.27. The summed E-state index contributed by atoms with van der Waals surface area (Å²) in [5.74, 6) is -1.12. The molecule has 0 heterocycles. The van der Waals surface area contributed by atoms with E-state index in [1.807, 2.05) is 0 Å². The van der Waals surface area contributed by atoms with Crippen LogP contribution in [0.25, 0.3) is 0 Å². The Morgan fingerprint density at radius 1 is 1.38 bits per heavy atom. The van der Waals surface area contributed by atoms with Gasteiger partial charge in [-0.15, -0.1) is 0 Å². The average Bonchev–Trinajstić information content (AvgIpc) is 2.20. The summed E-state index contributed by atoms with van der Waals surface area (Å²) in [7, 11) is 1.24. The highest BCUT2D eigenvalue weighted by molar-refractivity contribution is 5.85. The Labute approximate surface area is 90.8 Å². The first-order valence-electron chi connectivity index (χ1n) is 4.53. The minimum atomic E-state index is -4.30. The minimum Gasteiger partial charge on any atom is -0.346 e. The van der Waals surface area contributed by atoms with E-state index < -0.39 is 31.0 Å². The molecule has 16 heavy (non-hydrogen) atoms. The molecule has 0 aromatic carbocycles. The number of carbonyl (C=O) groups excluding carboxylic acids is 2. The van der Waals surface area contributed by atoms with E-state index in [1.54, 1.807) is 0 Å². The zero-order valence-corrected chi connectivity index (χ0v) is 8.80. The average molecular weight is 241 g/mol. The standard InChI is InChI=1S/C8H14F3N3O2/c1-14(3-2-8(9,10)11)7(16)5-13-6(15)4-12/h2-5,12H2,1H3,(H,13,15). The summed E-state index contributed by atoms with van der Waals surface area (Å²) in [6.45, 7) is -1.04. The molecule has 0 bridgehead atoms. The molecular formula is C8H14F3N3O2. The van der Waals surface area contributed by atoms with Gasteiger partial charge < -0.3 is 16.0 Å². The fraction of sp³-hybridized carbons (Fsp3) is 0.750. The van der Waals surface area contributed by atoms with E-state index in [4.69, 9.17) is 5.73 Å². The smallest absolute Gasteiger partial charge is 0.346 e. The molecule has 0 aliphatic carbocycles. The van der Waals surface area contributed by atoms with Crippen LogP contribution >= 0.6 is 0 Å². The molecule has 0 spiro atoms. The van der Waals surface area contributed by atoms with E-state index in [9.17, 15) is 22.8 Å². The van der Waals surface area contributed by atoms with Crippen LogP contribution in [0, 0.1) is 0 Å². The maximum Gasteiger partial charge on any atom is 0.390 e. The molecule has 0 saturated heterocycles. The number of rotatable bonds is 5. The van der Waals surface area contributed by atoms with E-state index >= 15 is 0 Å². The highest BCUT2D eigenvalue weighted by atomic mass is 19.4. The minimum absolute atomic E-state index is 0.264. The topological polar surface area (TPSA) is 75.4 Å². The fourth-order valence-electron chi connectivity index (χ4n) is 0.801. The van der Waals surface area contributed by atoms with Gasteiger partial charge in [-0.1, -0.05) is 0 Å². The van der Waals surface area contributed by atoms with Gasteiger partial charge in [-0.3, -0.25) is 9.59 Å². The molecule has 2 amide bonds. The summed E-state index contributed by atoms with van der Waals surface area (Å²) in [5, 5.41) is 2.17. The van der Waals surface area contributed by atoms with E-state index in [1.165, 1.54) is 7.05 Å². The number of nitrogens with zero attached hydrogens (tertiary/aromatic N) is 1. The Bertz CT molecular complexity index is 255. The molecular weight excluding hydrogens is 227 g/mol. The van der Waals surface area contributed by atoms with Crippen molar-refractivity contribution in [2.75, 3.05) is 26.7 Å². The van der Waals surface area contributed by atoms with Crippen molar-refractivity contribution in [2.24, 2.45) is 5.73 Å². The summed E-state index contributed by atoms with van der Waals surface area (Å²) < 4.78 is 35.5.